The van der Waals surface area contributed by atoms with Gasteiger partial charge < -0.3 is 65.0 Å². The van der Waals surface area contributed by atoms with Crippen molar-refractivity contribution < 1.29 is 80.4 Å². The molecule has 0 saturated carbocycles. The van der Waals surface area contributed by atoms with Crippen molar-refractivity contribution in [3.05, 3.63) is 53.3 Å². The number of aliphatic hydroxyl groups is 1. The van der Waals surface area contributed by atoms with Gasteiger partial charge in [0, 0.05) is 69.3 Å². The van der Waals surface area contributed by atoms with Crippen molar-refractivity contribution >= 4 is 76.6 Å². The van der Waals surface area contributed by atoms with Crippen LogP contribution >= 0.6 is 0 Å². The van der Waals surface area contributed by atoms with Crippen molar-refractivity contribution in [3.63, 3.8) is 0 Å². The highest BCUT2D eigenvalue weighted by molar-refractivity contribution is 7.85. The van der Waals surface area contributed by atoms with Crippen LogP contribution in [0.5, 0.6) is 5.75 Å². The Labute approximate surface area is 483 Å². The lowest BCUT2D eigenvalue weighted by Gasteiger charge is -2.43. The first-order valence-corrected chi connectivity index (χ1v) is 29.3. The number of amides is 5. The molecule has 6 atom stereocenters. The minimum Gasteiger partial charge on any atom is -0.479 e. The average Bonchev–Trinajstić information content (AvgIpc) is 3.92. The second kappa shape index (κ2) is 39.3. The van der Waals surface area contributed by atoms with Crippen molar-refractivity contribution in [1.82, 2.24) is 40.8 Å². The highest BCUT2D eigenvalue weighted by Crippen LogP contribution is 2.42. The number of benzene rings is 1. The smallest absolute Gasteiger partial charge is 0.333 e. The molecule has 82 heavy (non-hydrogen) atoms. The third-order valence-electron chi connectivity index (χ3n) is 12.2. The van der Waals surface area contributed by atoms with Gasteiger partial charge in [-0.25, -0.2) is 19.8 Å². The van der Waals surface area contributed by atoms with Gasteiger partial charge in [-0.05, 0) is 48.1 Å². The van der Waals surface area contributed by atoms with Crippen LogP contribution in [0, 0.1) is 11.8 Å². The number of carboxylic acids is 1. The fraction of sp³-hybridized carbons (Fsp3) is 0.630. The maximum absolute atomic E-state index is 12.9. The standard InChI is InChI=1S/C31H44BN5O14.C18H28N4.2C2H6.CH4O3S/c1-18(2)28(37-24(40)5-7-47-9-10-48-8-6-34-25(41)14-33-17-38)29(43)35-15-26(42)36-21-4-3-19(16-49-31(32)46)11-22(21)50-27-13-20(39)12-23(51-27)30(44)45;1-6-11-22-15-12-20(4)21(5)17(13(3)7-2)16(15)14-9-8-10-19-18(14)22;2*1-2;1-5(2,3)4/h3-4,11,17-18,20,23,27-28,39H,5-10,12-16H2,1-2H3,(H,33,38)(H,34,41)(H,35,43)(H,36,42)(H,37,40)(H,44,45);8-10,13,17H,6-7,11-12H2,1-5H3;2*1-2H3;1H3,(H,2,3,4). The predicted octanol–water partition coefficient (Wildman–Crippen LogP) is 3.68. The third kappa shape index (κ3) is 26.8. The molecule has 5 amide bonds. The molecule has 1 aromatic carbocycles. The van der Waals surface area contributed by atoms with E-state index >= 15 is 0 Å². The number of hydrazine groups is 1. The van der Waals surface area contributed by atoms with Crippen LogP contribution in [0.3, 0.4) is 0 Å². The number of aliphatic hydroxyl groups excluding tert-OH is 1. The molecule has 3 aromatic rings. The van der Waals surface area contributed by atoms with E-state index in [4.69, 9.17) is 41.1 Å². The van der Waals surface area contributed by atoms with Crippen molar-refractivity contribution in [2.45, 2.75) is 145 Å². The Morgan fingerprint density at radius 2 is 1.59 bits per heavy atom. The van der Waals surface area contributed by atoms with E-state index in [1.807, 2.05) is 33.9 Å². The van der Waals surface area contributed by atoms with Crippen LogP contribution in [0.4, 0.5) is 10.5 Å². The van der Waals surface area contributed by atoms with Gasteiger partial charge >= 0.3 is 5.97 Å². The largest absolute Gasteiger partial charge is 0.479 e. The lowest BCUT2D eigenvalue weighted by molar-refractivity contribution is -0.195. The number of anilines is 1. The monoisotopic (exact) mass is 1180 g/mol. The van der Waals surface area contributed by atoms with Crippen molar-refractivity contribution in [1.29, 1.82) is 0 Å². The molecule has 0 aliphatic carbocycles. The maximum Gasteiger partial charge on any atom is 0.333 e. The third-order valence-corrected chi connectivity index (χ3v) is 12.2. The summed E-state index contributed by atoms with van der Waals surface area (Å²) in [5, 5.41) is 38.0. The molecule has 2 radical (unpaired) electrons. The zero-order valence-electron chi connectivity index (χ0n) is 49.5. The first-order valence-electron chi connectivity index (χ1n) is 27.4. The number of hydrogen-bond acceptors (Lipinski definition) is 18. The van der Waals surface area contributed by atoms with E-state index < -0.39 is 70.8 Å². The summed E-state index contributed by atoms with van der Waals surface area (Å²) in [4.78, 5) is 87.0. The van der Waals surface area contributed by atoms with E-state index in [2.05, 4.69) is 88.2 Å². The summed E-state index contributed by atoms with van der Waals surface area (Å²) in [5.41, 5.74) is 4.63. The normalized spacial score (nSPS) is 17.4. The summed E-state index contributed by atoms with van der Waals surface area (Å²) in [6.07, 6.45) is 1.58. The molecule has 8 N–H and O–H groups in total. The number of carboxylic acid groups (broad SMARTS) is 1. The molecule has 28 heteroatoms. The minimum atomic E-state index is -3.67. The van der Waals surface area contributed by atoms with Gasteiger partial charge in [-0.15, -0.1) is 0 Å². The lowest BCUT2D eigenvalue weighted by atomic mass is 9.89. The zero-order chi connectivity index (χ0) is 62.1. The molecule has 26 nitrogen and oxygen atoms in total. The molecular formula is C54H88BN9O17S. The molecule has 0 spiro atoms. The summed E-state index contributed by atoms with van der Waals surface area (Å²) >= 11 is 0. The Balaban J connectivity index is 0.000000883. The number of aromatic nitrogens is 2. The van der Waals surface area contributed by atoms with Gasteiger partial charge in [0.1, 0.15) is 24.0 Å². The number of pyridine rings is 1. The number of aliphatic carboxylic acids is 1. The van der Waals surface area contributed by atoms with Crippen LogP contribution in [0.1, 0.15) is 117 Å². The van der Waals surface area contributed by atoms with Crippen molar-refractivity contribution in [2.24, 2.45) is 11.8 Å². The summed E-state index contributed by atoms with van der Waals surface area (Å²) in [7, 11) is 5.78. The number of nitrogens with zero attached hydrogens (tertiary/aromatic N) is 4. The number of nitrogens with one attached hydrogen (secondary N) is 5. The Hall–Kier alpha value is -6.27. The molecule has 1 fully saturated rings. The molecule has 5 rings (SSSR count). The molecule has 2 aliphatic heterocycles. The molecule has 6 unspecified atom stereocenters. The van der Waals surface area contributed by atoms with Crippen LogP contribution in [-0.4, -0.2) is 183 Å². The van der Waals surface area contributed by atoms with E-state index in [9.17, 15) is 52.2 Å². The topological polar surface area (TPSA) is 345 Å². The summed E-state index contributed by atoms with van der Waals surface area (Å²) in [5.74, 6) is -4.13. The fourth-order valence-electron chi connectivity index (χ4n) is 8.27. The van der Waals surface area contributed by atoms with Crippen LogP contribution < -0.4 is 31.3 Å². The van der Waals surface area contributed by atoms with E-state index in [1.54, 1.807) is 13.8 Å². The Kier molecular flexibility index (Phi) is 35.3. The first-order chi connectivity index (χ1) is 38.9. The highest BCUT2D eigenvalue weighted by Gasteiger charge is 2.37. The number of fused-ring (bicyclic) bond motifs is 3. The zero-order valence-corrected chi connectivity index (χ0v) is 50.3. The molecule has 2 aromatic heterocycles. The van der Waals surface area contributed by atoms with Gasteiger partial charge in [-0.2, -0.15) is 8.42 Å². The van der Waals surface area contributed by atoms with Gasteiger partial charge in [0.15, 0.2) is 6.10 Å². The number of ether oxygens (including phenoxy) is 5. The Morgan fingerprint density at radius 1 is 0.927 bits per heavy atom. The molecule has 2 aliphatic rings. The summed E-state index contributed by atoms with van der Waals surface area (Å²) in [6, 6.07) is 8.12. The average molecular weight is 1180 g/mol. The van der Waals surface area contributed by atoms with Gasteiger partial charge in [-0.3, -0.25) is 33.3 Å². The van der Waals surface area contributed by atoms with Gasteiger partial charge in [0.05, 0.1) is 70.2 Å². The molecule has 460 valence electrons. The summed E-state index contributed by atoms with van der Waals surface area (Å²) < 4.78 is 55.0. The van der Waals surface area contributed by atoms with E-state index in [-0.39, 0.29) is 88.6 Å². The number of rotatable bonds is 27. The Morgan fingerprint density at radius 3 is 2.18 bits per heavy atom. The highest BCUT2D eigenvalue weighted by atomic mass is 32.2. The van der Waals surface area contributed by atoms with Crippen LogP contribution in [0.25, 0.3) is 11.0 Å². The SMILES string of the molecule is CC.CC.CCCn1c2c(c3cccnc31)C(C(C)CC)N(C)N(C)C2.CS(=O)(=O)O.[B]C(=O)OCc1ccc(NC(=O)CNC(=O)C(NC(=O)CCOCCOCCNC(=O)CNC=O)C(C)C)c(OC2CC(O)CC(C(=O)O)O2)c1. The molecule has 4 heterocycles. The van der Waals surface area contributed by atoms with Gasteiger partial charge in [0.25, 0.3) is 10.1 Å². The summed E-state index contributed by atoms with van der Waals surface area (Å²) in [6.45, 7) is 20.4. The number of carbonyl (C=O) groups excluding carboxylic acids is 6. The van der Waals surface area contributed by atoms with Crippen LogP contribution in [0.15, 0.2) is 36.5 Å². The lowest BCUT2D eigenvalue weighted by Crippen LogP contribution is -2.51. The fourth-order valence-corrected chi connectivity index (χ4v) is 8.27. The van der Waals surface area contributed by atoms with Crippen molar-refractivity contribution in [3.8, 4) is 5.75 Å². The molecule has 0 bridgehead atoms. The van der Waals surface area contributed by atoms with E-state index in [0.29, 0.717) is 30.2 Å². The second-order valence-corrected chi connectivity index (χ2v) is 20.3. The van der Waals surface area contributed by atoms with Crippen LogP contribution in [-0.2, 0) is 77.5 Å². The first kappa shape index (κ1) is 73.7. The molecular weight excluding hydrogens is 1090 g/mol. The van der Waals surface area contributed by atoms with Crippen molar-refractivity contribution in [2.75, 3.05) is 71.7 Å². The van der Waals surface area contributed by atoms with E-state index in [0.717, 1.165) is 25.2 Å². The number of hydrogen-bond donors (Lipinski definition) is 8. The quantitative estimate of drug-likeness (QED) is 0.0233. The second-order valence-electron chi connectivity index (χ2n) is 18.8. The maximum atomic E-state index is 12.9. The van der Waals surface area contributed by atoms with Crippen LogP contribution in [0.2, 0.25) is 0 Å². The number of carbonyl (C=O) groups is 7. The minimum absolute atomic E-state index is 0.00161. The van der Waals surface area contributed by atoms with E-state index in [1.165, 1.54) is 41.3 Å². The van der Waals surface area contributed by atoms with Gasteiger partial charge in [0.2, 0.25) is 50.0 Å². The Bertz CT molecular complexity index is 2570. The van der Waals surface area contributed by atoms with Gasteiger partial charge in [-0.1, -0.05) is 74.8 Å². The molecule has 1 saturated heterocycles. The predicted molar refractivity (Wildman–Crippen MR) is 308 cm³/mol. The number of aryl methyl sites for hydroxylation is 1.